The Morgan fingerprint density at radius 2 is 2.00 bits per heavy atom. The summed E-state index contributed by atoms with van der Waals surface area (Å²) in [5.41, 5.74) is 0.626. The fourth-order valence-corrected chi connectivity index (χ4v) is 2.16. The van der Waals surface area contributed by atoms with Gasteiger partial charge in [-0.1, -0.05) is 0 Å². The Labute approximate surface area is 142 Å². The lowest BCUT2D eigenvalue weighted by atomic mass is 10.2. The number of imidazole rings is 1. The number of nitrogens with one attached hydrogen (secondary N) is 2. The first-order chi connectivity index (χ1) is 12.0. The third-order valence-corrected chi connectivity index (χ3v) is 3.31. The molecule has 8 heteroatoms. The number of benzene rings is 1. The van der Waals surface area contributed by atoms with Gasteiger partial charge in [0.2, 0.25) is 5.91 Å². The molecule has 0 aliphatic carbocycles. The van der Waals surface area contributed by atoms with E-state index in [2.05, 4.69) is 20.6 Å². The Morgan fingerprint density at radius 1 is 1.16 bits per heavy atom. The molecule has 0 saturated carbocycles. The average molecular weight is 339 g/mol. The topological polar surface area (TPSA) is 88.9 Å². The zero-order valence-electron chi connectivity index (χ0n) is 13.2. The van der Waals surface area contributed by atoms with Gasteiger partial charge in [0.1, 0.15) is 18.0 Å². The van der Waals surface area contributed by atoms with Gasteiger partial charge in [0.15, 0.2) is 0 Å². The Morgan fingerprint density at radius 3 is 2.64 bits per heavy atom. The maximum Gasteiger partial charge on any atom is 0.257 e. The van der Waals surface area contributed by atoms with E-state index in [1.54, 1.807) is 35.4 Å². The number of rotatable bonds is 4. The number of anilines is 2. The maximum atomic E-state index is 13.9. The van der Waals surface area contributed by atoms with E-state index in [0.29, 0.717) is 11.5 Å². The first kappa shape index (κ1) is 16.3. The van der Waals surface area contributed by atoms with Crippen LogP contribution in [-0.4, -0.2) is 26.3 Å². The van der Waals surface area contributed by atoms with Gasteiger partial charge in [-0.15, -0.1) is 0 Å². The number of amides is 2. The van der Waals surface area contributed by atoms with Crippen molar-refractivity contribution in [2.45, 2.75) is 6.92 Å². The molecule has 3 rings (SSSR count). The van der Waals surface area contributed by atoms with Crippen molar-refractivity contribution in [1.29, 1.82) is 0 Å². The SMILES string of the molecule is CC(=O)Nc1ccc(F)c(NC(=O)c2ccc(-n3ccnc3)nc2)c1. The van der Waals surface area contributed by atoms with E-state index in [1.165, 1.54) is 31.3 Å². The van der Waals surface area contributed by atoms with Gasteiger partial charge < -0.3 is 10.6 Å². The standard InChI is InChI=1S/C17H14FN5O2/c1-11(24)21-13-3-4-14(18)15(8-13)22-17(25)12-2-5-16(20-9-12)23-7-6-19-10-23/h2-10H,1H3,(H,21,24)(H,22,25). The minimum Gasteiger partial charge on any atom is -0.326 e. The second-order valence-electron chi connectivity index (χ2n) is 5.20. The van der Waals surface area contributed by atoms with E-state index in [4.69, 9.17) is 0 Å². The molecule has 0 unspecified atom stereocenters. The lowest BCUT2D eigenvalue weighted by Gasteiger charge is -2.09. The second-order valence-corrected chi connectivity index (χ2v) is 5.20. The quantitative estimate of drug-likeness (QED) is 0.765. The van der Waals surface area contributed by atoms with Crippen molar-refractivity contribution in [3.63, 3.8) is 0 Å². The molecule has 2 N–H and O–H groups in total. The molecule has 25 heavy (non-hydrogen) atoms. The fraction of sp³-hybridized carbons (Fsp3) is 0.0588. The molecule has 2 amide bonds. The average Bonchev–Trinajstić information content (AvgIpc) is 3.12. The first-order valence-electron chi connectivity index (χ1n) is 7.36. The number of carbonyl (C=O) groups is 2. The highest BCUT2D eigenvalue weighted by atomic mass is 19.1. The van der Waals surface area contributed by atoms with Crippen LogP contribution in [0.1, 0.15) is 17.3 Å². The van der Waals surface area contributed by atoms with Crippen LogP contribution in [0.3, 0.4) is 0 Å². The Kier molecular flexibility index (Phi) is 4.51. The predicted octanol–water partition coefficient (Wildman–Crippen LogP) is 2.62. The van der Waals surface area contributed by atoms with Crippen LogP contribution >= 0.6 is 0 Å². The summed E-state index contributed by atoms with van der Waals surface area (Å²) in [5, 5.41) is 5.00. The molecule has 0 aliphatic heterocycles. The molecule has 0 fully saturated rings. The number of hydrogen-bond donors (Lipinski definition) is 2. The first-order valence-corrected chi connectivity index (χ1v) is 7.36. The van der Waals surface area contributed by atoms with Crippen LogP contribution in [0.15, 0.2) is 55.2 Å². The summed E-state index contributed by atoms with van der Waals surface area (Å²) in [6.45, 7) is 1.34. The number of hydrogen-bond acceptors (Lipinski definition) is 4. The lowest BCUT2D eigenvalue weighted by Crippen LogP contribution is -2.14. The maximum absolute atomic E-state index is 13.9. The number of pyridine rings is 1. The van der Waals surface area contributed by atoms with Crippen molar-refractivity contribution in [1.82, 2.24) is 14.5 Å². The van der Waals surface area contributed by atoms with E-state index in [0.717, 1.165) is 0 Å². The van der Waals surface area contributed by atoms with Crippen LogP contribution in [0.4, 0.5) is 15.8 Å². The smallest absolute Gasteiger partial charge is 0.257 e. The van der Waals surface area contributed by atoms with Gasteiger partial charge in [0.05, 0.1) is 11.3 Å². The summed E-state index contributed by atoms with van der Waals surface area (Å²) in [5.74, 6) is -0.801. The van der Waals surface area contributed by atoms with Crippen LogP contribution in [0.5, 0.6) is 0 Å². The third-order valence-electron chi connectivity index (χ3n) is 3.31. The zero-order chi connectivity index (χ0) is 17.8. The molecule has 0 aliphatic rings. The van der Waals surface area contributed by atoms with Gasteiger partial charge in [-0.2, -0.15) is 0 Å². The van der Waals surface area contributed by atoms with Crippen LogP contribution in [-0.2, 0) is 4.79 Å². The molecule has 0 spiro atoms. The molecule has 3 aromatic rings. The van der Waals surface area contributed by atoms with Gasteiger partial charge in [-0.25, -0.2) is 14.4 Å². The summed E-state index contributed by atoms with van der Waals surface area (Å²) in [7, 11) is 0. The molecule has 2 aromatic heterocycles. The molecular weight excluding hydrogens is 325 g/mol. The Balaban J connectivity index is 1.77. The van der Waals surface area contributed by atoms with Crippen molar-refractivity contribution >= 4 is 23.2 Å². The van der Waals surface area contributed by atoms with Crippen molar-refractivity contribution in [2.24, 2.45) is 0 Å². The van der Waals surface area contributed by atoms with E-state index >= 15 is 0 Å². The van der Waals surface area contributed by atoms with E-state index < -0.39 is 11.7 Å². The molecule has 2 heterocycles. The molecule has 0 saturated heterocycles. The fourth-order valence-electron chi connectivity index (χ4n) is 2.16. The van der Waals surface area contributed by atoms with Crippen molar-refractivity contribution in [3.8, 4) is 5.82 Å². The normalized spacial score (nSPS) is 10.3. The molecule has 1 aromatic carbocycles. The van der Waals surface area contributed by atoms with Crippen LogP contribution in [0.2, 0.25) is 0 Å². The van der Waals surface area contributed by atoms with Gasteiger partial charge in [0, 0.05) is 31.2 Å². The minimum atomic E-state index is -0.606. The summed E-state index contributed by atoms with van der Waals surface area (Å²) in [4.78, 5) is 31.4. The lowest BCUT2D eigenvalue weighted by molar-refractivity contribution is -0.114. The molecule has 0 bridgehead atoms. The largest absolute Gasteiger partial charge is 0.326 e. The summed E-state index contributed by atoms with van der Waals surface area (Å²) >= 11 is 0. The molecular formula is C17H14FN5O2. The molecule has 0 radical (unpaired) electrons. The van der Waals surface area contributed by atoms with Gasteiger partial charge in [-0.05, 0) is 30.3 Å². The van der Waals surface area contributed by atoms with Gasteiger partial charge in [-0.3, -0.25) is 14.2 Å². The molecule has 7 nitrogen and oxygen atoms in total. The highest BCUT2D eigenvalue weighted by Crippen LogP contribution is 2.20. The monoisotopic (exact) mass is 339 g/mol. The second kappa shape index (κ2) is 6.91. The number of carbonyl (C=O) groups excluding carboxylic acids is 2. The molecule has 0 atom stereocenters. The van der Waals surface area contributed by atoms with E-state index in [1.807, 2.05) is 0 Å². The highest BCUT2D eigenvalue weighted by molar-refractivity contribution is 6.04. The van der Waals surface area contributed by atoms with E-state index in [9.17, 15) is 14.0 Å². The predicted molar refractivity (Wildman–Crippen MR) is 90.0 cm³/mol. The van der Waals surface area contributed by atoms with Gasteiger partial charge >= 0.3 is 0 Å². The van der Waals surface area contributed by atoms with Crippen LogP contribution in [0, 0.1) is 5.82 Å². The molecule has 126 valence electrons. The third kappa shape index (κ3) is 3.86. The highest BCUT2D eigenvalue weighted by Gasteiger charge is 2.11. The summed E-state index contributed by atoms with van der Waals surface area (Å²) in [6.07, 6.45) is 6.32. The Bertz CT molecular complexity index is 907. The summed E-state index contributed by atoms with van der Waals surface area (Å²) in [6, 6.07) is 7.16. The van der Waals surface area contributed by atoms with Crippen molar-refractivity contribution in [2.75, 3.05) is 10.6 Å². The number of nitrogens with zero attached hydrogens (tertiary/aromatic N) is 3. The zero-order valence-corrected chi connectivity index (χ0v) is 13.2. The Hall–Kier alpha value is -3.55. The van der Waals surface area contributed by atoms with E-state index in [-0.39, 0.29) is 17.2 Å². The minimum absolute atomic E-state index is 0.0325. The van der Waals surface area contributed by atoms with Crippen molar-refractivity contribution in [3.05, 3.63) is 66.6 Å². The number of halogens is 1. The van der Waals surface area contributed by atoms with Crippen molar-refractivity contribution < 1.29 is 14.0 Å². The van der Waals surface area contributed by atoms with Crippen LogP contribution in [0.25, 0.3) is 5.82 Å². The summed E-state index contributed by atoms with van der Waals surface area (Å²) < 4.78 is 15.6. The number of aromatic nitrogens is 3. The van der Waals surface area contributed by atoms with Crippen LogP contribution < -0.4 is 10.6 Å². The van der Waals surface area contributed by atoms with Gasteiger partial charge in [0.25, 0.3) is 5.91 Å².